The van der Waals surface area contributed by atoms with Crippen LogP contribution in [0.4, 0.5) is 0 Å². The van der Waals surface area contributed by atoms with Gasteiger partial charge in [0.15, 0.2) is 0 Å². The van der Waals surface area contributed by atoms with E-state index < -0.39 is 0 Å². The minimum atomic E-state index is 0.811. The van der Waals surface area contributed by atoms with Gasteiger partial charge in [-0.1, -0.05) is 38.5 Å². The molecule has 2 nitrogen and oxygen atoms in total. The third-order valence-corrected chi connectivity index (χ3v) is 4.21. The van der Waals surface area contributed by atoms with Gasteiger partial charge in [-0.2, -0.15) is 0 Å². The van der Waals surface area contributed by atoms with Crippen molar-refractivity contribution in [1.82, 2.24) is 4.90 Å². The van der Waals surface area contributed by atoms with Crippen LogP contribution in [-0.4, -0.2) is 31.1 Å². The van der Waals surface area contributed by atoms with Gasteiger partial charge < -0.3 is 9.64 Å². The normalized spacial score (nSPS) is 15.9. The molecule has 0 N–H and O–H groups in total. The van der Waals surface area contributed by atoms with E-state index in [1.165, 1.54) is 49.9 Å². The predicted molar refractivity (Wildman–Crippen MR) is 90.8 cm³/mol. The van der Waals surface area contributed by atoms with Crippen molar-refractivity contribution < 1.29 is 4.74 Å². The predicted octanol–water partition coefficient (Wildman–Crippen LogP) is 4.75. The summed E-state index contributed by atoms with van der Waals surface area (Å²) in [6.45, 7) is 10.9. The van der Waals surface area contributed by atoms with Gasteiger partial charge in [0.2, 0.25) is 0 Å². The summed E-state index contributed by atoms with van der Waals surface area (Å²) in [7, 11) is 0. The molecule has 0 saturated carbocycles. The van der Waals surface area contributed by atoms with E-state index in [1.54, 1.807) is 0 Å². The number of piperidine rings is 1. The summed E-state index contributed by atoms with van der Waals surface area (Å²) in [5.74, 6) is 0.969. The van der Waals surface area contributed by atoms with E-state index >= 15 is 0 Å². The van der Waals surface area contributed by atoms with Gasteiger partial charge in [-0.05, 0) is 62.0 Å². The molecule has 1 aliphatic rings. The number of hydrogen-bond acceptors (Lipinski definition) is 2. The van der Waals surface area contributed by atoms with Gasteiger partial charge in [0.25, 0.3) is 0 Å². The molecule has 0 spiro atoms. The van der Waals surface area contributed by atoms with Gasteiger partial charge in [0.1, 0.15) is 5.75 Å². The Bertz CT molecular complexity index is 418. The van der Waals surface area contributed by atoms with Crippen LogP contribution >= 0.6 is 0 Å². The molecule has 116 valence electrons. The number of hydrogen-bond donors (Lipinski definition) is 0. The Morgan fingerprint density at radius 2 is 1.86 bits per heavy atom. The number of likely N-dealkylation sites (tertiary alicyclic amines) is 1. The molecular weight excluding hydrogens is 258 g/mol. The average Bonchev–Trinajstić information content (AvgIpc) is 2.54. The molecule has 1 fully saturated rings. The molecule has 1 aliphatic heterocycles. The minimum Gasteiger partial charge on any atom is -0.494 e. The van der Waals surface area contributed by atoms with Crippen molar-refractivity contribution in [3.8, 4) is 5.75 Å². The highest BCUT2D eigenvalue weighted by molar-refractivity contribution is 5.63. The maximum Gasteiger partial charge on any atom is 0.119 e. The molecule has 0 unspecified atom stereocenters. The third-order valence-electron chi connectivity index (χ3n) is 4.21. The Hall–Kier alpha value is -1.28. The molecule has 2 rings (SSSR count). The topological polar surface area (TPSA) is 12.5 Å². The van der Waals surface area contributed by atoms with E-state index in [4.69, 9.17) is 4.74 Å². The van der Waals surface area contributed by atoms with Crippen molar-refractivity contribution >= 4 is 5.57 Å². The van der Waals surface area contributed by atoms with Crippen molar-refractivity contribution in [3.63, 3.8) is 0 Å². The van der Waals surface area contributed by atoms with E-state index in [1.807, 2.05) is 0 Å². The summed E-state index contributed by atoms with van der Waals surface area (Å²) in [6.07, 6.45) is 7.47. The fourth-order valence-electron chi connectivity index (χ4n) is 2.74. The first kappa shape index (κ1) is 16.1. The molecule has 1 aromatic rings. The molecular formula is C19H29NO. The zero-order chi connectivity index (χ0) is 14.9. The van der Waals surface area contributed by atoms with Crippen molar-refractivity contribution in [2.75, 3.05) is 26.2 Å². The fraction of sp³-hybridized carbons (Fsp3) is 0.579. The Labute approximate surface area is 129 Å². The van der Waals surface area contributed by atoms with E-state index in [0.29, 0.717) is 0 Å². The number of nitrogens with zero attached hydrogens (tertiary/aromatic N) is 1. The Kier molecular flexibility index (Phi) is 6.81. The second-order valence-corrected chi connectivity index (χ2v) is 5.98. The zero-order valence-corrected chi connectivity index (χ0v) is 13.4. The lowest BCUT2D eigenvalue weighted by Gasteiger charge is -2.26. The maximum atomic E-state index is 5.70. The van der Waals surface area contributed by atoms with Gasteiger partial charge in [0, 0.05) is 6.54 Å². The first-order chi connectivity index (χ1) is 10.3. The second kappa shape index (κ2) is 8.89. The maximum absolute atomic E-state index is 5.70. The van der Waals surface area contributed by atoms with E-state index in [0.717, 1.165) is 31.7 Å². The molecule has 0 amide bonds. The summed E-state index contributed by atoms with van der Waals surface area (Å²) >= 11 is 0. The summed E-state index contributed by atoms with van der Waals surface area (Å²) < 4.78 is 5.70. The van der Waals surface area contributed by atoms with Crippen LogP contribution in [0.1, 0.15) is 51.0 Å². The van der Waals surface area contributed by atoms with E-state index in [2.05, 4.69) is 42.7 Å². The van der Waals surface area contributed by atoms with Crippen molar-refractivity contribution in [2.24, 2.45) is 0 Å². The minimum absolute atomic E-state index is 0.811. The molecule has 0 aliphatic carbocycles. The Balaban J connectivity index is 1.76. The lowest BCUT2D eigenvalue weighted by Crippen LogP contribution is -2.30. The summed E-state index contributed by atoms with van der Waals surface area (Å²) in [4.78, 5) is 2.57. The molecule has 0 bridgehead atoms. The van der Waals surface area contributed by atoms with Crippen molar-refractivity contribution in [2.45, 2.75) is 45.4 Å². The number of ether oxygens (including phenoxy) is 1. The van der Waals surface area contributed by atoms with Gasteiger partial charge in [0.05, 0.1) is 6.61 Å². The molecule has 1 heterocycles. The largest absolute Gasteiger partial charge is 0.494 e. The van der Waals surface area contributed by atoms with Crippen molar-refractivity contribution in [1.29, 1.82) is 0 Å². The van der Waals surface area contributed by atoms with Gasteiger partial charge in [-0.25, -0.2) is 0 Å². The molecule has 21 heavy (non-hydrogen) atoms. The van der Waals surface area contributed by atoms with E-state index in [-0.39, 0.29) is 0 Å². The lowest BCUT2D eigenvalue weighted by molar-refractivity contribution is 0.234. The van der Waals surface area contributed by atoms with Crippen LogP contribution in [0.2, 0.25) is 0 Å². The van der Waals surface area contributed by atoms with Crippen LogP contribution in [-0.2, 0) is 0 Å². The fourth-order valence-corrected chi connectivity index (χ4v) is 2.74. The highest BCUT2D eigenvalue weighted by atomic mass is 16.5. The zero-order valence-electron chi connectivity index (χ0n) is 13.4. The SMILES string of the molecule is C=C(CCN1CCCCC1)c1ccc(OCCCC)cc1. The highest BCUT2D eigenvalue weighted by Gasteiger charge is 2.10. The summed E-state index contributed by atoms with van der Waals surface area (Å²) in [6, 6.07) is 8.41. The monoisotopic (exact) mass is 287 g/mol. The molecule has 0 aromatic heterocycles. The quantitative estimate of drug-likeness (QED) is 0.639. The first-order valence-corrected chi connectivity index (χ1v) is 8.43. The van der Waals surface area contributed by atoms with Crippen LogP contribution in [0.3, 0.4) is 0 Å². The highest BCUT2D eigenvalue weighted by Crippen LogP contribution is 2.21. The van der Waals surface area contributed by atoms with Crippen LogP contribution in [0, 0.1) is 0 Å². The standard InChI is InChI=1S/C19H29NO/c1-3-4-16-21-19-10-8-18(9-11-19)17(2)12-15-20-13-6-5-7-14-20/h8-11H,2-7,12-16H2,1H3. The summed E-state index contributed by atoms with van der Waals surface area (Å²) in [5, 5.41) is 0. The first-order valence-electron chi connectivity index (χ1n) is 8.43. The van der Waals surface area contributed by atoms with Crippen LogP contribution in [0.25, 0.3) is 5.57 Å². The van der Waals surface area contributed by atoms with E-state index in [9.17, 15) is 0 Å². The smallest absolute Gasteiger partial charge is 0.119 e. The third kappa shape index (κ3) is 5.55. The van der Waals surface area contributed by atoms with Gasteiger partial charge in [-0.3, -0.25) is 0 Å². The number of unbranched alkanes of at least 4 members (excludes halogenated alkanes) is 1. The Morgan fingerprint density at radius 3 is 2.52 bits per heavy atom. The average molecular weight is 287 g/mol. The molecule has 1 saturated heterocycles. The van der Waals surface area contributed by atoms with Gasteiger partial charge in [-0.15, -0.1) is 0 Å². The number of rotatable bonds is 8. The molecule has 0 radical (unpaired) electrons. The molecule has 0 atom stereocenters. The molecule has 1 aromatic carbocycles. The number of benzene rings is 1. The molecule has 2 heteroatoms. The van der Waals surface area contributed by atoms with Crippen LogP contribution < -0.4 is 4.74 Å². The lowest BCUT2D eigenvalue weighted by atomic mass is 10.0. The van der Waals surface area contributed by atoms with Gasteiger partial charge >= 0.3 is 0 Å². The van der Waals surface area contributed by atoms with Crippen molar-refractivity contribution in [3.05, 3.63) is 36.4 Å². The van der Waals surface area contributed by atoms with Crippen LogP contribution in [0.15, 0.2) is 30.8 Å². The Morgan fingerprint density at radius 1 is 1.14 bits per heavy atom. The second-order valence-electron chi connectivity index (χ2n) is 5.98. The van der Waals surface area contributed by atoms with Crippen LogP contribution in [0.5, 0.6) is 5.75 Å². The summed E-state index contributed by atoms with van der Waals surface area (Å²) in [5.41, 5.74) is 2.48.